The van der Waals surface area contributed by atoms with Crippen LogP contribution in [0.25, 0.3) is 0 Å². The molecule has 53 heavy (non-hydrogen) atoms. The molecule has 2 aliphatic carbocycles. The van der Waals surface area contributed by atoms with Crippen molar-refractivity contribution in [2.24, 2.45) is 28.3 Å². The number of ketones is 3. The number of oxime groups is 1. The lowest BCUT2D eigenvalue weighted by molar-refractivity contribution is -0.145. The van der Waals surface area contributed by atoms with Crippen LogP contribution in [0.4, 0.5) is 0 Å². The first-order valence-electron chi connectivity index (χ1n) is 19.3. The van der Waals surface area contributed by atoms with E-state index in [0.29, 0.717) is 31.4 Å². The van der Waals surface area contributed by atoms with Gasteiger partial charge in [0, 0.05) is 43.1 Å². The minimum Gasteiger partial charge on any atom is -0.496 e. The van der Waals surface area contributed by atoms with Gasteiger partial charge in [-0.25, -0.2) is 0 Å². The monoisotopic (exact) mass is 725 g/mol. The molecule has 0 bridgehead atoms. The SMILES string of the molecule is CCC[C@H](CC(=O)[C@@H]1C[C@]2(CC(c3cc(C)c(OC)c(C)c3)=NO2)CN1C(=O)[C@@H](NC(=O)[C@@H]1CC1c1ccccc1)C(C)(C)C)C(=O)C(=O)CC1CC1. The largest absolute Gasteiger partial charge is 0.496 e. The van der Waals surface area contributed by atoms with E-state index >= 15 is 0 Å². The Balaban J connectivity index is 1.25. The van der Waals surface area contributed by atoms with Gasteiger partial charge in [0.2, 0.25) is 17.6 Å². The van der Waals surface area contributed by atoms with Crippen molar-refractivity contribution < 1.29 is 33.5 Å². The summed E-state index contributed by atoms with van der Waals surface area (Å²) in [5.74, 6) is -1.52. The molecule has 6 rings (SSSR count). The average Bonchev–Trinajstić information content (AvgIpc) is 4.04. The molecule has 2 aromatic carbocycles. The Morgan fingerprint density at radius 1 is 1.06 bits per heavy atom. The predicted molar refractivity (Wildman–Crippen MR) is 202 cm³/mol. The molecule has 1 saturated heterocycles. The van der Waals surface area contributed by atoms with Crippen LogP contribution in [-0.4, -0.2) is 71.1 Å². The van der Waals surface area contributed by atoms with Crippen LogP contribution in [0.15, 0.2) is 47.6 Å². The number of carbonyl (C=O) groups excluding carboxylic acids is 5. The van der Waals surface area contributed by atoms with Crippen molar-refractivity contribution in [2.75, 3.05) is 13.7 Å². The Labute approximate surface area is 313 Å². The van der Waals surface area contributed by atoms with Crippen LogP contribution < -0.4 is 10.1 Å². The van der Waals surface area contributed by atoms with Gasteiger partial charge in [0.15, 0.2) is 17.2 Å². The first-order valence-corrected chi connectivity index (χ1v) is 19.3. The molecule has 0 radical (unpaired) electrons. The molecule has 10 nitrogen and oxygen atoms in total. The van der Waals surface area contributed by atoms with Gasteiger partial charge in [-0.3, -0.25) is 24.0 Å². The Bertz CT molecular complexity index is 1770. The van der Waals surface area contributed by atoms with Crippen LogP contribution >= 0.6 is 0 Å². The lowest BCUT2D eigenvalue weighted by Crippen LogP contribution is -2.57. The predicted octanol–water partition coefficient (Wildman–Crippen LogP) is 6.42. The Morgan fingerprint density at radius 3 is 2.34 bits per heavy atom. The number of rotatable bonds is 15. The van der Waals surface area contributed by atoms with E-state index in [2.05, 4.69) is 10.5 Å². The molecule has 10 heteroatoms. The summed E-state index contributed by atoms with van der Waals surface area (Å²) in [4.78, 5) is 77.0. The van der Waals surface area contributed by atoms with E-state index in [1.807, 2.05) is 84.0 Å². The number of hydrogen-bond donors (Lipinski definition) is 1. The number of methoxy groups -OCH3 is 1. The number of hydrogen-bond acceptors (Lipinski definition) is 8. The zero-order valence-corrected chi connectivity index (χ0v) is 32.3. The molecule has 6 atom stereocenters. The highest BCUT2D eigenvalue weighted by molar-refractivity contribution is 6.38. The van der Waals surface area contributed by atoms with Gasteiger partial charge in [-0.1, -0.05) is 69.6 Å². The first kappa shape index (κ1) is 38.4. The number of nitrogens with zero attached hydrogens (tertiary/aromatic N) is 2. The highest BCUT2D eigenvalue weighted by Crippen LogP contribution is 2.48. The van der Waals surface area contributed by atoms with Crippen LogP contribution in [0.1, 0.15) is 114 Å². The topological polar surface area (TPSA) is 131 Å². The molecule has 1 unspecified atom stereocenters. The third kappa shape index (κ3) is 8.42. The smallest absolute Gasteiger partial charge is 0.246 e. The summed E-state index contributed by atoms with van der Waals surface area (Å²) in [6, 6.07) is 12.1. The molecule has 3 fully saturated rings. The fraction of sp³-hybridized carbons (Fsp3) is 0.581. The Kier molecular flexibility index (Phi) is 11.0. The summed E-state index contributed by atoms with van der Waals surface area (Å²) in [7, 11) is 1.64. The van der Waals surface area contributed by atoms with Gasteiger partial charge in [0.1, 0.15) is 11.8 Å². The highest BCUT2D eigenvalue weighted by Gasteiger charge is 2.56. The summed E-state index contributed by atoms with van der Waals surface area (Å²) < 4.78 is 5.57. The fourth-order valence-electron chi connectivity index (χ4n) is 8.36. The second-order valence-electron chi connectivity index (χ2n) is 17.1. The Hall–Kier alpha value is -4.34. The summed E-state index contributed by atoms with van der Waals surface area (Å²) in [6.07, 6.45) is 4.33. The number of carbonyl (C=O) groups is 5. The molecule has 4 aliphatic rings. The van der Waals surface area contributed by atoms with E-state index in [0.717, 1.165) is 40.8 Å². The molecular formula is C43H55N3O7. The second kappa shape index (κ2) is 15.2. The zero-order chi connectivity index (χ0) is 38.2. The van der Waals surface area contributed by atoms with Gasteiger partial charge < -0.3 is 19.8 Å². The zero-order valence-electron chi connectivity index (χ0n) is 32.3. The van der Waals surface area contributed by atoms with Crippen molar-refractivity contribution in [3.05, 3.63) is 64.7 Å². The van der Waals surface area contributed by atoms with Crippen LogP contribution in [-0.2, 0) is 28.8 Å². The van der Waals surface area contributed by atoms with Gasteiger partial charge in [-0.2, -0.15) is 0 Å². The van der Waals surface area contributed by atoms with Crippen LogP contribution in [0, 0.1) is 37.0 Å². The van der Waals surface area contributed by atoms with Gasteiger partial charge in [-0.05, 0) is 85.6 Å². The number of aryl methyl sites for hydroxylation is 2. The van der Waals surface area contributed by atoms with E-state index in [4.69, 9.17) is 9.57 Å². The van der Waals surface area contributed by atoms with Crippen LogP contribution in [0.5, 0.6) is 5.75 Å². The highest BCUT2D eigenvalue weighted by atomic mass is 16.7. The van der Waals surface area contributed by atoms with Crippen molar-refractivity contribution in [1.82, 2.24) is 10.2 Å². The number of Topliss-reactive ketones (excluding diaryl/α,β-unsaturated/α-hetero) is 3. The first-order chi connectivity index (χ1) is 25.1. The van der Waals surface area contributed by atoms with E-state index in [-0.39, 0.29) is 61.2 Å². The minimum atomic E-state index is -0.972. The summed E-state index contributed by atoms with van der Waals surface area (Å²) in [5.41, 5.74) is 2.95. The van der Waals surface area contributed by atoms with Crippen molar-refractivity contribution >= 4 is 34.9 Å². The lowest BCUT2D eigenvalue weighted by atomic mass is 9.84. The second-order valence-corrected chi connectivity index (χ2v) is 17.1. The summed E-state index contributed by atoms with van der Waals surface area (Å²) in [6.45, 7) is 11.7. The van der Waals surface area contributed by atoms with Crippen molar-refractivity contribution in [3.8, 4) is 5.75 Å². The maximum Gasteiger partial charge on any atom is 0.246 e. The van der Waals surface area contributed by atoms with Crippen LogP contribution in [0.3, 0.4) is 0 Å². The van der Waals surface area contributed by atoms with Gasteiger partial charge in [0.05, 0.1) is 25.4 Å². The normalized spacial score (nSPS) is 24.6. The quantitative estimate of drug-likeness (QED) is 0.210. The maximum atomic E-state index is 14.8. The van der Waals surface area contributed by atoms with Crippen molar-refractivity contribution in [1.29, 1.82) is 0 Å². The summed E-state index contributed by atoms with van der Waals surface area (Å²) in [5, 5.41) is 7.60. The van der Waals surface area contributed by atoms with Gasteiger partial charge in [0.25, 0.3) is 0 Å². The number of benzene rings is 2. The molecule has 0 aromatic heterocycles. The standard InChI is InChI=1S/C43H55N3O7/c1-8-12-29(37(49)36(48)19-27-15-16-27)20-35(47)34-23-43(22-33(45-53-43)30-17-25(2)38(52-7)26(3)18-30)24-46(34)41(51)39(42(4,5)6)44-40(50)32-21-31(32)28-13-10-9-11-14-28/h9-11,13-14,17-18,27,29,31-32,34,39H,8,12,15-16,19-24H2,1-7H3,(H,44,50)/t29-,31?,32-,34+,39-,43-/m1/s1. The summed E-state index contributed by atoms with van der Waals surface area (Å²) >= 11 is 0. The Morgan fingerprint density at radius 2 is 1.74 bits per heavy atom. The van der Waals surface area contributed by atoms with E-state index in [9.17, 15) is 24.0 Å². The third-order valence-electron chi connectivity index (χ3n) is 11.5. The van der Waals surface area contributed by atoms with E-state index in [1.165, 1.54) is 0 Å². The maximum absolute atomic E-state index is 14.8. The lowest BCUT2D eigenvalue weighted by Gasteiger charge is -2.35. The molecular weight excluding hydrogens is 670 g/mol. The van der Waals surface area contributed by atoms with Crippen molar-refractivity contribution in [2.45, 2.75) is 123 Å². The van der Waals surface area contributed by atoms with Crippen LogP contribution in [0.2, 0.25) is 0 Å². The molecule has 2 saturated carbocycles. The number of ether oxygens (including phenoxy) is 1. The average molecular weight is 726 g/mol. The molecule has 2 amide bonds. The molecule has 2 aliphatic heterocycles. The fourth-order valence-corrected chi connectivity index (χ4v) is 8.36. The molecule has 1 spiro atoms. The molecule has 1 N–H and O–H groups in total. The molecule has 284 valence electrons. The third-order valence-corrected chi connectivity index (χ3v) is 11.5. The number of amides is 2. The van der Waals surface area contributed by atoms with E-state index < -0.39 is 40.6 Å². The van der Waals surface area contributed by atoms with E-state index in [1.54, 1.807) is 12.0 Å². The number of nitrogens with one attached hydrogen (secondary N) is 1. The van der Waals surface area contributed by atoms with Gasteiger partial charge in [-0.15, -0.1) is 0 Å². The molecule has 2 aromatic rings. The van der Waals surface area contributed by atoms with Gasteiger partial charge >= 0.3 is 0 Å². The number of likely N-dealkylation sites (tertiary alicyclic amines) is 1. The molecule has 2 heterocycles. The minimum absolute atomic E-state index is 0.0921. The van der Waals surface area contributed by atoms with Crippen molar-refractivity contribution in [3.63, 3.8) is 0 Å².